The summed E-state index contributed by atoms with van der Waals surface area (Å²) in [4.78, 5) is 17.5. The molecule has 0 atom stereocenters. The zero-order valence-electron chi connectivity index (χ0n) is 14.4. The van der Waals surface area contributed by atoms with Gasteiger partial charge in [-0.05, 0) is 43.1 Å². The molecule has 5 rings (SSSR count). The van der Waals surface area contributed by atoms with Crippen molar-refractivity contribution in [1.82, 2.24) is 0 Å². The molecule has 0 saturated carbocycles. The summed E-state index contributed by atoms with van der Waals surface area (Å²) in [5.41, 5.74) is -2.72. The van der Waals surface area contributed by atoms with E-state index in [1.165, 1.54) is 43.1 Å². The lowest BCUT2D eigenvalue weighted by atomic mass is 9.90. The Morgan fingerprint density at radius 2 is 0.750 bits per heavy atom. The number of hydrogen-bond acceptors (Lipinski definition) is 2. The lowest BCUT2D eigenvalue weighted by molar-refractivity contribution is 0.219. The van der Waals surface area contributed by atoms with Gasteiger partial charge in [-0.2, -0.15) is 0 Å². The molecule has 2 N–H and O–H groups in total. The highest BCUT2D eigenvalue weighted by Crippen LogP contribution is 2.39. The zero-order chi connectivity index (χ0) is 20.3. The number of rotatable bonds is 0. The van der Waals surface area contributed by atoms with Crippen LogP contribution in [0.3, 0.4) is 0 Å². The molecule has 0 bridgehead atoms. The smallest absolute Gasteiger partial charge is 0.401 e. The van der Waals surface area contributed by atoms with Gasteiger partial charge in [0.25, 0.3) is 0 Å². The van der Waals surface area contributed by atoms with Gasteiger partial charge in [-0.3, -0.25) is 0 Å². The summed E-state index contributed by atoms with van der Waals surface area (Å²) >= 11 is 8.38. The van der Waals surface area contributed by atoms with Crippen molar-refractivity contribution in [3.8, 4) is 0 Å². The van der Waals surface area contributed by atoms with Crippen molar-refractivity contribution >= 4 is 77.1 Å². The van der Waals surface area contributed by atoms with Crippen molar-refractivity contribution in [2.75, 3.05) is 0 Å². The maximum absolute atomic E-state index is 8.77. The average molecular weight is 413 g/mol. The molecular weight excluding hydrogens is 399 g/mol. The van der Waals surface area contributed by atoms with Crippen molar-refractivity contribution in [2.45, 2.75) is 0 Å². The van der Waals surface area contributed by atoms with Gasteiger partial charge in [0.1, 0.15) is 0 Å². The van der Waals surface area contributed by atoms with Crippen LogP contribution in [0, 0.1) is 0 Å². The van der Waals surface area contributed by atoms with E-state index in [4.69, 9.17) is 19.8 Å². The summed E-state index contributed by atoms with van der Waals surface area (Å²) in [5, 5.41) is 25.2. The Morgan fingerprint density at radius 1 is 0.536 bits per heavy atom. The number of hydrogen-bond donors (Lipinski definition) is 2. The van der Waals surface area contributed by atoms with Crippen LogP contribution in [0.5, 0.6) is 0 Å². The molecule has 4 nitrogen and oxygen atoms in total. The van der Waals surface area contributed by atoms with E-state index in [0.29, 0.717) is 0 Å². The van der Waals surface area contributed by atoms with Crippen molar-refractivity contribution in [1.29, 1.82) is 0 Å². The zero-order valence-corrected chi connectivity index (χ0v) is 15.9. The Kier molecular flexibility index (Phi) is 5.83. The Balaban J connectivity index is 0.000000244. The number of carboxylic acid groups (broad SMARTS) is 2. The third-order valence-electron chi connectivity index (χ3n) is 4.39. The molecular formula is C22H14Cl2O4. The van der Waals surface area contributed by atoms with Crippen molar-refractivity contribution in [2.24, 2.45) is 0 Å². The van der Waals surface area contributed by atoms with E-state index in [2.05, 4.69) is 96.0 Å². The summed E-state index contributed by atoms with van der Waals surface area (Å²) in [6.45, 7) is 0. The Morgan fingerprint density at radius 3 is 0.964 bits per heavy atom. The fourth-order valence-corrected chi connectivity index (χ4v) is 3.58. The van der Waals surface area contributed by atoms with Crippen LogP contribution >= 0.6 is 23.2 Å². The first kappa shape index (κ1) is 19.7. The van der Waals surface area contributed by atoms with E-state index in [1.54, 1.807) is 0 Å². The molecule has 0 saturated heterocycles. The number of fused-ring (bicyclic) bond motifs is 2. The normalized spacial score (nSPS) is 10.4. The van der Waals surface area contributed by atoms with Crippen LogP contribution in [0.15, 0.2) is 72.8 Å². The predicted molar refractivity (Wildman–Crippen MR) is 115 cm³/mol. The molecule has 0 unspecified atom stereocenters. The van der Waals surface area contributed by atoms with Crippen molar-refractivity contribution in [3.63, 3.8) is 0 Å². The minimum Gasteiger partial charge on any atom is -0.469 e. The van der Waals surface area contributed by atoms with Gasteiger partial charge in [-0.25, -0.2) is 9.59 Å². The Bertz CT molecular complexity index is 1110. The van der Waals surface area contributed by atoms with Gasteiger partial charge in [0, 0.05) is 23.2 Å². The minimum absolute atomic E-state index is 1.33. The van der Waals surface area contributed by atoms with E-state index in [9.17, 15) is 0 Å². The van der Waals surface area contributed by atoms with Crippen LogP contribution in [-0.4, -0.2) is 21.1 Å². The molecule has 0 aliphatic rings. The minimum atomic E-state index is -1.36. The molecule has 5 aromatic rings. The van der Waals surface area contributed by atoms with Gasteiger partial charge in [0.15, 0.2) is 0 Å². The first-order valence-corrected chi connectivity index (χ1v) is 8.97. The van der Waals surface area contributed by atoms with Gasteiger partial charge >= 0.3 is 10.9 Å². The fourth-order valence-electron chi connectivity index (χ4n) is 3.58. The van der Waals surface area contributed by atoms with Crippen LogP contribution in [0.2, 0.25) is 0 Å². The van der Waals surface area contributed by atoms with Gasteiger partial charge < -0.3 is 10.2 Å². The second-order valence-electron chi connectivity index (χ2n) is 5.92. The number of carbonyl (C=O) groups is 2. The Labute approximate surface area is 169 Å². The van der Waals surface area contributed by atoms with E-state index >= 15 is 0 Å². The Hall–Kier alpha value is -3.08. The molecule has 6 heteroatoms. The van der Waals surface area contributed by atoms with Gasteiger partial charge in [0.05, 0.1) is 0 Å². The molecule has 0 radical (unpaired) electrons. The van der Waals surface area contributed by atoms with E-state index in [-0.39, 0.29) is 0 Å². The largest absolute Gasteiger partial charge is 0.469 e. The topological polar surface area (TPSA) is 74.6 Å². The van der Waals surface area contributed by atoms with Crippen LogP contribution in [0.25, 0.3) is 43.1 Å². The summed E-state index contributed by atoms with van der Waals surface area (Å²) in [6.07, 6.45) is 0. The maximum Gasteiger partial charge on any atom is 0.401 e. The van der Waals surface area contributed by atoms with E-state index in [1.807, 2.05) is 0 Å². The highest BCUT2D eigenvalue weighted by atomic mass is 35.5. The molecule has 0 aromatic heterocycles. The first-order chi connectivity index (χ1) is 13.4. The molecule has 140 valence electrons. The number of halogens is 2. The second kappa shape index (κ2) is 8.30. The molecule has 0 spiro atoms. The van der Waals surface area contributed by atoms with Crippen LogP contribution in [0.1, 0.15) is 0 Å². The summed E-state index contributed by atoms with van der Waals surface area (Å²) in [6, 6.07) is 26.4. The average Bonchev–Trinajstić information content (AvgIpc) is 2.65. The van der Waals surface area contributed by atoms with Crippen LogP contribution in [0.4, 0.5) is 9.59 Å². The SMILES string of the molecule is O=C(O)Cl.O=C(O)Cl.c1cc2cccc3c4cccc5cccc(c(c1)c23)c54. The molecule has 0 aliphatic carbocycles. The lowest BCUT2D eigenvalue weighted by Gasteiger charge is -2.13. The van der Waals surface area contributed by atoms with Crippen molar-refractivity contribution in [3.05, 3.63) is 72.8 Å². The summed E-state index contributed by atoms with van der Waals surface area (Å²) in [5.74, 6) is 0. The molecule has 0 heterocycles. The second-order valence-corrected chi connectivity index (χ2v) is 6.57. The highest BCUT2D eigenvalue weighted by molar-refractivity contribution is 6.60. The lowest BCUT2D eigenvalue weighted by Crippen LogP contribution is -1.85. The van der Waals surface area contributed by atoms with Crippen molar-refractivity contribution < 1.29 is 19.8 Å². The number of benzene rings is 5. The van der Waals surface area contributed by atoms with E-state index in [0.717, 1.165) is 0 Å². The van der Waals surface area contributed by atoms with Gasteiger partial charge in [0.2, 0.25) is 0 Å². The highest BCUT2D eigenvalue weighted by Gasteiger charge is 2.11. The predicted octanol–water partition coefficient (Wildman–Crippen LogP) is 7.54. The van der Waals surface area contributed by atoms with E-state index < -0.39 is 10.9 Å². The summed E-state index contributed by atoms with van der Waals surface area (Å²) < 4.78 is 0. The molecule has 0 fully saturated rings. The molecule has 28 heavy (non-hydrogen) atoms. The monoisotopic (exact) mass is 412 g/mol. The van der Waals surface area contributed by atoms with Gasteiger partial charge in [-0.15, -0.1) is 0 Å². The van der Waals surface area contributed by atoms with Crippen LogP contribution < -0.4 is 0 Å². The quantitative estimate of drug-likeness (QED) is 0.156. The standard InChI is InChI=1S/C20H12.2CHClO2/c1-5-13-6-2-11-17-18-12-4-8-14-7-3-10-16(20(14)18)15(9-1)19(13)17;2*2-1(3)4/h1-12H;2*(H,3,4). The molecule has 0 amide bonds. The fraction of sp³-hybridized carbons (Fsp3) is 0. The first-order valence-electron chi connectivity index (χ1n) is 8.21. The third kappa shape index (κ3) is 3.93. The molecule has 5 aromatic carbocycles. The maximum atomic E-state index is 8.77. The third-order valence-corrected chi connectivity index (χ3v) is 4.39. The molecule has 0 aliphatic heterocycles. The van der Waals surface area contributed by atoms with Gasteiger partial charge in [-0.1, -0.05) is 72.8 Å². The van der Waals surface area contributed by atoms with Crippen LogP contribution in [-0.2, 0) is 0 Å². The summed E-state index contributed by atoms with van der Waals surface area (Å²) in [7, 11) is 0.